The Bertz CT molecular complexity index is 932. The number of likely N-dealkylation sites (N-methyl/N-ethyl adjacent to an activating group) is 2. The SMILES string of the molecule is CNCCNCCN(CC[N+](C)(C)C)C(=O)O/N=C(\C)[C@H]1CC[C@H]2[C@@H]3CC[C@@H]4CC(=O)CC[C@]4(C)[C@H]3CC[C@]12C. The summed E-state index contributed by atoms with van der Waals surface area (Å²) in [5.74, 6) is 3.67. The zero-order valence-electron chi connectivity index (χ0n) is 26.6. The molecule has 8 nitrogen and oxygen atoms in total. The summed E-state index contributed by atoms with van der Waals surface area (Å²) < 4.78 is 0.791. The van der Waals surface area contributed by atoms with Crippen LogP contribution in [0, 0.1) is 40.4 Å². The number of ketones is 1. The van der Waals surface area contributed by atoms with Crippen LogP contribution >= 0.6 is 0 Å². The zero-order chi connectivity index (χ0) is 29.1. The largest absolute Gasteiger partial charge is 0.436 e. The van der Waals surface area contributed by atoms with Crippen molar-refractivity contribution in [3.63, 3.8) is 0 Å². The summed E-state index contributed by atoms with van der Waals surface area (Å²) in [5.41, 5.74) is 1.54. The van der Waals surface area contributed by atoms with E-state index in [-0.39, 0.29) is 11.5 Å². The Morgan fingerprint density at radius 1 is 1.00 bits per heavy atom. The van der Waals surface area contributed by atoms with Crippen molar-refractivity contribution in [3.05, 3.63) is 0 Å². The number of oxime groups is 1. The molecule has 0 saturated heterocycles. The van der Waals surface area contributed by atoms with Gasteiger partial charge in [0.2, 0.25) is 0 Å². The minimum absolute atomic E-state index is 0.218. The lowest BCUT2D eigenvalue weighted by atomic mass is 9.44. The van der Waals surface area contributed by atoms with Gasteiger partial charge < -0.3 is 15.1 Å². The van der Waals surface area contributed by atoms with Crippen molar-refractivity contribution >= 4 is 17.6 Å². The number of nitrogens with zero attached hydrogens (tertiary/aromatic N) is 3. The number of hydrogen-bond acceptors (Lipinski definition) is 6. The van der Waals surface area contributed by atoms with Crippen LogP contribution in [-0.2, 0) is 9.63 Å². The Hall–Kier alpha value is -1.51. The first-order valence-electron chi connectivity index (χ1n) is 16.1. The molecule has 0 radical (unpaired) electrons. The van der Waals surface area contributed by atoms with E-state index in [4.69, 9.17) is 4.84 Å². The first-order chi connectivity index (χ1) is 18.9. The quantitative estimate of drug-likeness (QED) is 0.127. The molecule has 8 heteroatoms. The number of rotatable bonds is 11. The number of carbonyl (C=O) groups is 2. The number of carbonyl (C=O) groups excluding carboxylic acids is 2. The lowest BCUT2D eigenvalue weighted by Crippen LogP contribution is -2.53. The van der Waals surface area contributed by atoms with Crippen molar-refractivity contribution in [1.82, 2.24) is 15.5 Å². The van der Waals surface area contributed by atoms with Gasteiger partial charge in [0, 0.05) is 44.9 Å². The third-order valence-electron chi connectivity index (χ3n) is 11.7. The third-order valence-corrected chi connectivity index (χ3v) is 11.7. The van der Waals surface area contributed by atoms with Crippen LogP contribution < -0.4 is 10.6 Å². The highest BCUT2D eigenvalue weighted by Gasteiger charge is 2.60. The molecule has 4 aliphatic carbocycles. The molecule has 4 rings (SSSR count). The summed E-state index contributed by atoms with van der Waals surface area (Å²) in [6.07, 6.45) is 9.72. The van der Waals surface area contributed by atoms with Crippen molar-refractivity contribution in [3.8, 4) is 0 Å². The van der Waals surface area contributed by atoms with Gasteiger partial charge in [0.15, 0.2) is 0 Å². The molecule has 0 unspecified atom stereocenters. The lowest BCUT2D eigenvalue weighted by molar-refractivity contribution is -0.869. The highest BCUT2D eigenvalue weighted by Crippen LogP contribution is 2.67. The van der Waals surface area contributed by atoms with Crippen LogP contribution in [0.25, 0.3) is 0 Å². The fourth-order valence-electron chi connectivity index (χ4n) is 9.23. The standard InChI is InChI=1S/C32H58N5O3/c1-23(35-40-30(39)36(20-21-37(5,6)7)19-18-34-17-16-33-4)27-10-11-28-26-9-8-24-22-25(38)12-14-31(24,2)29(26)13-15-32(27,28)3/h24,26-29,33-34H,8-22H2,1-7H3/q+1/b35-23+/t24-,26+,27-,28+,29+,31+,32-/m1/s1. The van der Waals surface area contributed by atoms with Gasteiger partial charge >= 0.3 is 6.09 Å². The summed E-state index contributed by atoms with van der Waals surface area (Å²) in [5, 5.41) is 11.0. The van der Waals surface area contributed by atoms with Crippen LogP contribution in [0.3, 0.4) is 0 Å². The van der Waals surface area contributed by atoms with E-state index in [9.17, 15) is 9.59 Å². The molecular formula is C32H58N5O3+. The molecule has 0 aromatic heterocycles. The topological polar surface area (TPSA) is 83.0 Å². The minimum atomic E-state index is -0.343. The maximum atomic E-state index is 13.2. The van der Waals surface area contributed by atoms with Crippen LogP contribution in [-0.4, -0.2) is 94.4 Å². The molecule has 4 saturated carbocycles. The average Bonchev–Trinajstić information content (AvgIpc) is 3.26. The van der Waals surface area contributed by atoms with E-state index in [1.54, 1.807) is 4.90 Å². The van der Waals surface area contributed by atoms with Gasteiger partial charge in [-0.25, -0.2) is 4.79 Å². The van der Waals surface area contributed by atoms with Crippen molar-refractivity contribution in [2.45, 2.75) is 78.6 Å². The fourth-order valence-corrected chi connectivity index (χ4v) is 9.23. The molecule has 0 aromatic carbocycles. The highest BCUT2D eigenvalue weighted by atomic mass is 16.7. The van der Waals surface area contributed by atoms with Gasteiger partial charge in [-0.3, -0.25) is 14.5 Å². The second-order valence-electron chi connectivity index (χ2n) is 15.0. The molecule has 4 fully saturated rings. The van der Waals surface area contributed by atoms with Gasteiger partial charge in [0.05, 0.1) is 39.9 Å². The molecule has 0 bridgehead atoms. The summed E-state index contributed by atoms with van der Waals surface area (Å²) >= 11 is 0. The predicted molar refractivity (Wildman–Crippen MR) is 161 cm³/mol. The second kappa shape index (κ2) is 12.8. The summed E-state index contributed by atoms with van der Waals surface area (Å²) in [4.78, 5) is 32.8. The molecular weight excluding hydrogens is 502 g/mol. The third kappa shape index (κ3) is 6.75. The molecule has 0 spiro atoms. The van der Waals surface area contributed by atoms with Crippen molar-refractivity contribution in [1.29, 1.82) is 0 Å². The smallest absolute Gasteiger partial charge is 0.329 e. The van der Waals surface area contributed by atoms with Crippen molar-refractivity contribution in [2.75, 3.05) is 67.5 Å². The van der Waals surface area contributed by atoms with E-state index in [0.29, 0.717) is 42.0 Å². The van der Waals surface area contributed by atoms with Crippen LogP contribution in [0.15, 0.2) is 5.16 Å². The van der Waals surface area contributed by atoms with E-state index in [0.717, 1.165) is 73.9 Å². The number of quaternary nitrogens is 1. The number of fused-ring (bicyclic) bond motifs is 5. The fraction of sp³-hybridized carbons (Fsp3) is 0.906. The predicted octanol–water partition coefficient (Wildman–Crippen LogP) is 4.54. The number of hydrogen-bond donors (Lipinski definition) is 2. The maximum Gasteiger partial charge on any atom is 0.436 e. The maximum absolute atomic E-state index is 13.2. The molecule has 0 aromatic rings. The molecule has 7 atom stereocenters. The monoisotopic (exact) mass is 560 g/mol. The molecule has 1 amide bonds. The van der Waals surface area contributed by atoms with Crippen molar-refractivity contribution in [2.24, 2.45) is 45.6 Å². The highest BCUT2D eigenvalue weighted by molar-refractivity contribution is 5.85. The zero-order valence-corrected chi connectivity index (χ0v) is 26.6. The Balaban J connectivity index is 1.39. The van der Waals surface area contributed by atoms with Crippen LogP contribution in [0.2, 0.25) is 0 Å². The van der Waals surface area contributed by atoms with E-state index in [2.05, 4.69) is 57.7 Å². The average molecular weight is 561 g/mol. The Morgan fingerprint density at radius 3 is 2.48 bits per heavy atom. The number of Topliss-reactive ketones (excluding diaryl/α,β-unsaturated/α-hetero) is 1. The Labute approximate surface area is 243 Å². The lowest BCUT2D eigenvalue weighted by Gasteiger charge is -2.60. The summed E-state index contributed by atoms with van der Waals surface area (Å²) in [6.45, 7) is 11.7. The molecule has 40 heavy (non-hydrogen) atoms. The Morgan fingerprint density at radius 2 is 1.75 bits per heavy atom. The molecule has 0 aliphatic heterocycles. The van der Waals surface area contributed by atoms with E-state index in [1.807, 2.05) is 7.05 Å². The van der Waals surface area contributed by atoms with Crippen LogP contribution in [0.1, 0.15) is 78.6 Å². The van der Waals surface area contributed by atoms with E-state index in [1.165, 1.54) is 32.1 Å². The van der Waals surface area contributed by atoms with Gasteiger partial charge in [0.1, 0.15) is 5.78 Å². The number of amides is 1. The molecule has 4 aliphatic rings. The first-order valence-corrected chi connectivity index (χ1v) is 16.1. The second-order valence-corrected chi connectivity index (χ2v) is 15.0. The normalized spacial score (nSPS) is 36.0. The van der Waals surface area contributed by atoms with Gasteiger partial charge in [-0.15, -0.1) is 0 Å². The first kappa shape index (κ1) is 31.4. The van der Waals surface area contributed by atoms with Crippen LogP contribution in [0.4, 0.5) is 4.79 Å². The van der Waals surface area contributed by atoms with Crippen LogP contribution in [0.5, 0.6) is 0 Å². The van der Waals surface area contributed by atoms with Gasteiger partial charge in [-0.2, -0.15) is 0 Å². The summed E-state index contributed by atoms with van der Waals surface area (Å²) in [7, 11) is 8.37. The van der Waals surface area contributed by atoms with Crippen molar-refractivity contribution < 1.29 is 18.9 Å². The van der Waals surface area contributed by atoms with E-state index < -0.39 is 0 Å². The minimum Gasteiger partial charge on any atom is -0.329 e. The number of nitrogens with one attached hydrogen (secondary N) is 2. The Kier molecular flexibility index (Phi) is 10.0. The molecule has 2 N–H and O–H groups in total. The van der Waals surface area contributed by atoms with Gasteiger partial charge in [-0.1, -0.05) is 19.0 Å². The van der Waals surface area contributed by atoms with Gasteiger partial charge in [0.25, 0.3) is 0 Å². The molecule has 228 valence electrons. The van der Waals surface area contributed by atoms with Gasteiger partial charge in [-0.05, 0) is 93.4 Å². The van der Waals surface area contributed by atoms with E-state index >= 15 is 0 Å². The molecule has 0 heterocycles. The summed E-state index contributed by atoms with van der Waals surface area (Å²) in [6, 6.07) is 0.